The third-order valence-corrected chi connectivity index (χ3v) is 2.41. The van der Waals surface area contributed by atoms with Gasteiger partial charge in [-0.3, -0.25) is 4.79 Å². The van der Waals surface area contributed by atoms with Gasteiger partial charge < -0.3 is 10.5 Å². The second-order valence-corrected chi connectivity index (χ2v) is 3.85. The predicted octanol–water partition coefficient (Wildman–Crippen LogP) is 3.22. The van der Waals surface area contributed by atoms with Gasteiger partial charge in [0.1, 0.15) is 5.82 Å². The molecule has 8 heteroatoms. The molecule has 1 aromatic rings. The van der Waals surface area contributed by atoms with Crippen LogP contribution in [0.3, 0.4) is 0 Å². The molecule has 0 saturated heterocycles. The number of carbonyl (C=O) groups is 1. The zero-order chi connectivity index (χ0) is 14.6. The molecule has 0 radical (unpaired) electrons. The number of ether oxygens (including phenoxy) is 1. The second kappa shape index (κ2) is 7.44. The standard InChI is InChI=1S/C12H13F4NO2.ClH/c1-2-19-11(18)6-10(17)8-5-7(12(14,15)16)3-4-9(8)13;/h3-5,10H,2,6,17H2,1H3;1H/t10-;/m0./s1. The molecule has 0 aliphatic carbocycles. The van der Waals surface area contributed by atoms with Gasteiger partial charge in [-0.1, -0.05) is 0 Å². The average Bonchev–Trinajstić information content (AvgIpc) is 2.27. The minimum absolute atomic E-state index is 0. The number of hydrogen-bond acceptors (Lipinski definition) is 3. The van der Waals surface area contributed by atoms with Gasteiger partial charge in [-0.2, -0.15) is 13.2 Å². The first kappa shape index (κ1) is 18.7. The van der Waals surface area contributed by atoms with E-state index < -0.39 is 29.6 Å². The summed E-state index contributed by atoms with van der Waals surface area (Å²) in [4.78, 5) is 11.2. The van der Waals surface area contributed by atoms with Crippen molar-refractivity contribution < 1.29 is 27.1 Å². The number of esters is 1. The van der Waals surface area contributed by atoms with Crippen molar-refractivity contribution in [3.8, 4) is 0 Å². The predicted molar refractivity (Wildman–Crippen MR) is 66.8 cm³/mol. The molecular formula is C12H14ClF4NO2. The van der Waals surface area contributed by atoms with Crippen LogP contribution in [0.5, 0.6) is 0 Å². The topological polar surface area (TPSA) is 52.3 Å². The van der Waals surface area contributed by atoms with Crippen LogP contribution < -0.4 is 5.73 Å². The Bertz CT molecular complexity index is 465. The monoisotopic (exact) mass is 315 g/mol. The summed E-state index contributed by atoms with van der Waals surface area (Å²) in [6, 6.07) is 0.736. The van der Waals surface area contributed by atoms with E-state index in [1.54, 1.807) is 6.92 Å². The summed E-state index contributed by atoms with van der Waals surface area (Å²) in [5.74, 6) is -1.57. The minimum atomic E-state index is -4.59. The van der Waals surface area contributed by atoms with E-state index in [0.29, 0.717) is 18.2 Å². The van der Waals surface area contributed by atoms with Gasteiger partial charge in [0.2, 0.25) is 0 Å². The Morgan fingerprint density at radius 3 is 2.50 bits per heavy atom. The van der Waals surface area contributed by atoms with Crippen molar-refractivity contribution in [2.45, 2.75) is 25.6 Å². The van der Waals surface area contributed by atoms with Crippen LogP contribution in [0.4, 0.5) is 17.6 Å². The molecule has 0 aliphatic heterocycles. The highest BCUT2D eigenvalue weighted by atomic mass is 35.5. The summed E-state index contributed by atoms with van der Waals surface area (Å²) in [6.07, 6.45) is -4.97. The fourth-order valence-electron chi connectivity index (χ4n) is 1.51. The highest BCUT2D eigenvalue weighted by Crippen LogP contribution is 2.32. The minimum Gasteiger partial charge on any atom is -0.466 e. The van der Waals surface area contributed by atoms with Gasteiger partial charge in [0.05, 0.1) is 18.6 Å². The van der Waals surface area contributed by atoms with E-state index in [1.165, 1.54) is 0 Å². The maximum absolute atomic E-state index is 13.4. The van der Waals surface area contributed by atoms with Crippen LogP contribution in [0.25, 0.3) is 0 Å². The molecule has 1 aromatic carbocycles. The SMILES string of the molecule is CCOC(=O)C[C@H](N)c1cc(C(F)(F)F)ccc1F.Cl. The van der Waals surface area contributed by atoms with Gasteiger partial charge >= 0.3 is 12.1 Å². The molecular weight excluding hydrogens is 302 g/mol. The Morgan fingerprint density at radius 1 is 1.40 bits per heavy atom. The summed E-state index contributed by atoms with van der Waals surface area (Å²) in [6.45, 7) is 1.70. The highest BCUT2D eigenvalue weighted by Gasteiger charge is 2.32. The normalized spacial score (nSPS) is 12.5. The summed E-state index contributed by atoms with van der Waals surface area (Å²) in [5, 5.41) is 0. The molecule has 0 aromatic heterocycles. The third-order valence-electron chi connectivity index (χ3n) is 2.41. The zero-order valence-electron chi connectivity index (χ0n) is 10.5. The fraction of sp³-hybridized carbons (Fsp3) is 0.417. The maximum atomic E-state index is 13.4. The quantitative estimate of drug-likeness (QED) is 0.685. The number of hydrogen-bond donors (Lipinski definition) is 1. The highest BCUT2D eigenvalue weighted by molar-refractivity contribution is 5.85. The van der Waals surface area contributed by atoms with Crippen molar-refractivity contribution in [2.75, 3.05) is 6.61 Å². The summed E-state index contributed by atoms with van der Waals surface area (Å²) in [7, 11) is 0. The summed E-state index contributed by atoms with van der Waals surface area (Å²) >= 11 is 0. The average molecular weight is 316 g/mol. The molecule has 114 valence electrons. The Morgan fingerprint density at radius 2 is 2.00 bits per heavy atom. The van der Waals surface area contributed by atoms with Gasteiger partial charge in [-0.05, 0) is 25.1 Å². The van der Waals surface area contributed by atoms with Gasteiger partial charge in [0.15, 0.2) is 0 Å². The van der Waals surface area contributed by atoms with Crippen molar-refractivity contribution in [1.29, 1.82) is 0 Å². The third kappa shape index (κ3) is 4.97. The van der Waals surface area contributed by atoms with E-state index in [2.05, 4.69) is 4.74 Å². The second-order valence-electron chi connectivity index (χ2n) is 3.85. The summed E-state index contributed by atoms with van der Waals surface area (Å²) in [5.41, 5.74) is 4.16. The number of alkyl halides is 3. The van der Waals surface area contributed by atoms with Gasteiger partial charge in [0.25, 0.3) is 0 Å². The van der Waals surface area contributed by atoms with Crippen molar-refractivity contribution >= 4 is 18.4 Å². The van der Waals surface area contributed by atoms with Crippen LogP contribution >= 0.6 is 12.4 Å². The largest absolute Gasteiger partial charge is 0.466 e. The molecule has 0 unspecified atom stereocenters. The first-order valence-corrected chi connectivity index (χ1v) is 5.53. The van der Waals surface area contributed by atoms with Crippen molar-refractivity contribution in [3.63, 3.8) is 0 Å². The molecule has 0 heterocycles. The van der Waals surface area contributed by atoms with E-state index in [9.17, 15) is 22.4 Å². The molecule has 0 amide bonds. The molecule has 0 aliphatic rings. The number of nitrogens with two attached hydrogens (primary N) is 1. The molecule has 20 heavy (non-hydrogen) atoms. The van der Waals surface area contributed by atoms with Crippen molar-refractivity contribution in [1.82, 2.24) is 0 Å². The van der Waals surface area contributed by atoms with E-state index in [0.717, 1.165) is 0 Å². The van der Waals surface area contributed by atoms with Crippen molar-refractivity contribution in [3.05, 3.63) is 35.1 Å². The van der Waals surface area contributed by atoms with E-state index in [-0.39, 0.29) is 31.0 Å². The molecule has 0 spiro atoms. The smallest absolute Gasteiger partial charge is 0.416 e. The lowest BCUT2D eigenvalue weighted by Crippen LogP contribution is -2.19. The van der Waals surface area contributed by atoms with Crippen molar-refractivity contribution in [2.24, 2.45) is 5.73 Å². The van der Waals surface area contributed by atoms with Gasteiger partial charge in [-0.15, -0.1) is 12.4 Å². The van der Waals surface area contributed by atoms with Crippen LogP contribution in [-0.4, -0.2) is 12.6 Å². The fourth-order valence-corrected chi connectivity index (χ4v) is 1.51. The van der Waals surface area contributed by atoms with Crippen LogP contribution in [0.15, 0.2) is 18.2 Å². The first-order chi connectivity index (χ1) is 8.75. The number of halogens is 5. The Kier molecular flexibility index (Phi) is 6.95. The molecule has 1 atom stereocenters. The summed E-state index contributed by atoms with van der Waals surface area (Å²) < 4.78 is 55.5. The van der Waals surface area contributed by atoms with Gasteiger partial charge in [0, 0.05) is 11.6 Å². The Hall–Kier alpha value is -1.34. The molecule has 3 nitrogen and oxygen atoms in total. The van der Waals surface area contributed by atoms with E-state index in [4.69, 9.17) is 5.73 Å². The van der Waals surface area contributed by atoms with Gasteiger partial charge in [-0.25, -0.2) is 4.39 Å². The Balaban J connectivity index is 0.00000361. The lowest BCUT2D eigenvalue weighted by Gasteiger charge is -2.14. The van der Waals surface area contributed by atoms with Crippen LogP contribution in [0, 0.1) is 5.82 Å². The number of benzene rings is 1. The molecule has 0 bridgehead atoms. The number of rotatable bonds is 4. The maximum Gasteiger partial charge on any atom is 0.416 e. The lowest BCUT2D eigenvalue weighted by atomic mass is 10.0. The molecule has 1 rings (SSSR count). The Labute approximate surface area is 119 Å². The van der Waals surface area contributed by atoms with Crippen LogP contribution in [0.2, 0.25) is 0 Å². The first-order valence-electron chi connectivity index (χ1n) is 5.53. The molecule has 2 N–H and O–H groups in total. The van der Waals surface area contributed by atoms with Crippen LogP contribution in [-0.2, 0) is 15.7 Å². The van der Waals surface area contributed by atoms with Crippen LogP contribution in [0.1, 0.15) is 30.5 Å². The molecule has 0 saturated carbocycles. The van der Waals surface area contributed by atoms with E-state index in [1.807, 2.05) is 0 Å². The molecule has 0 fully saturated rings. The van der Waals surface area contributed by atoms with E-state index >= 15 is 0 Å². The lowest BCUT2D eigenvalue weighted by molar-refractivity contribution is -0.143. The number of carbonyl (C=O) groups excluding carboxylic acids is 1. The zero-order valence-corrected chi connectivity index (χ0v) is 11.4.